The molecule has 0 aliphatic carbocycles. The number of ether oxygens (including phenoxy) is 1. The van der Waals surface area contributed by atoms with Gasteiger partial charge in [0.2, 0.25) is 13.8 Å². The summed E-state index contributed by atoms with van der Waals surface area (Å²) in [4.78, 5) is 35.0. The summed E-state index contributed by atoms with van der Waals surface area (Å²) in [5.41, 5.74) is -0.319. The molecule has 7 heteroatoms. The molecule has 0 bridgehead atoms. The summed E-state index contributed by atoms with van der Waals surface area (Å²) in [5, 5.41) is 11.3. The number of esters is 1. The second-order valence-corrected chi connectivity index (χ2v) is 8.24. The standard InChI is InChI=1S/C16H30BNO5/c1-15(2,3)7-11(16(4,5)6)13(21)23-9-10(8-19)12(20)18-14(17)22/h10-11,19H,7-9,17H2,1-6H3,(H,18,20,22). The number of hydrogen-bond donors (Lipinski definition) is 2. The van der Waals surface area contributed by atoms with Gasteiger partial charge in [0.05, 0.1) is 18.4 Å². The van der Waals surface area contributed by atoms with E-state index in [0.29, 0.717) is 6.42 Å². The van der Waals surface area contributed by atoms with Crippen LogP contribution in [0.4, 0.5) is 4.79 Å². The van der Waals surface area contributed by atoms with Gasteiger partial charge in [-0.2, -0.15) is 0 Å². The smallest absolute Gasteiger partial charge is 0.309 e. The molecule has 0 heterocycles. The predicted octanol–water partition coefficient (Wildman–Crippen LogP) is 1.11. The zero-order valence-electron chi connectivity index (χ0n) is 15.4. The predicted molar refractivity (Wildman–Crippen MR) is 90.6 cm³/mol. The van der Waals surface area contributed by atoms with E-state index >= 15 is 0 Å². The first kappa shape index (κ1) is 21.6. The van der Waals surface area contributed by atoms with Crippen molar-refractivity contribution < 1.29 is 24.2 Å². The molecule has 0 saturated carbocycles. The molecule has 0 aromatic heterocycles. The van der Waals surface area contributed by atoms with Crippen molar-refractivity contribution in [2.45, 2.75) is 48.0 Å². The third-order valence-corrected chi connectivity index (χ3v) is 3.46. The first-order chi connectivity index (χ1) is 10.3. The summed E-state index contributed by atoms with van der Waals surface area (Å²) >= 11 is 0. The minimum absolute atomic E-state index is 0.0423. The van der Waals surface area contributed by atoms with Crippen LogP contribution >= 0.6 is 0 Å². The van der Waals surface area contributed by atoms with E-state index in [1.165, 1.54) is 7.85 Å². The molecule has 0 radical (unpaired) electrons. The maximum Gasteiger partial charge on any atom is 0.309 e. The van der Waals surface area contributed by atoms with Crippen molar-refractivity contribution in [1.29, 1.82) is 0 Å². The number of imide groups is 1. The molecule has 0 saturated heterocycles. The second-order valence-electron chi connectivity index (χ2n) is 8.24. The SMILES string of the molecule is BC(=O)NC(=O)C(CO)COC(=O)C(CC(C)(C)C)C(C)(C)C. The van der Waals surface area contributed by atoms with Crippen LogP contribution in [0.1, 0.15) is 48.0 Å². The van der Waals surface area contributed by atoms with E-state index in [0.717, 1.165) is 0 Å². The quantitative estimate of drug-likeness (QED) is 0.563. The van der Waals surface area contributed by atoms with E-state index in [1.807, 2.05) is 20.8 Å². The molecule has 23 heavy (non-hydrogen) atoms. The van der Waals surface area contributed by atoms with Crippen molar-refractivity contribution in [2.75, 3.05) is 13.2 Å². The molecule has 2 N–H and O–H groups in total. The Hall–Kier alpha value is -1.37. The normalized spacial score (nSPS) is 14.7. The fraction of sp³-hybridized carbons (Fsp3) is 0.812. The lowest BCUT2D eigenvalue weighted by Crippen LogP contribution is -2.40. The molecule has 0 aliphatic rings. The highest BCUT2D eigenvalue weighted by atomic mass is 16.5. The van der Waals surface area contributed by atoms with Gasteiger partial charge in [-0.15, -0.1) is 0 Å². The number of rotatable bonds is 6. The van der Waals surface area contributed by atoms with Gasteiger partial charge in [-0.05, 0) is 17.3 Å². The van der Waals surface area contributed by atoms with Gasteiger partial charge in [-0.25, -0.2) is 0 Å². The number of carbonyl (C=O) groups excluding carboxylic acids is 3. The molecule has 132 valence electrons. The van der Waals surface area contributed by atoms with E-state index in [2.05, 4.69) is 26.1 Å². The van der Waals surface area contributed by atoms with Gasteiger partial charge >= 0.3 is 5.97 Å². The molecule has 0 spiro atoms. The number of aliphatic hydroxyl groups excluding tert-OH is 1. The molecule has 0 rings (SSSR count). The molecule has 2 unspecified atom stereocenters. The van der Waals surface area contributed by atoms with Crippen molar-refractivity contribution in [2.24, 2.45) is 22.7 Å². The minimum Gasteiger partial charge on any atom is -0.465 e. The first-order valence-corrected chi connectivity index (χ1v) is 7.87. The monoisotopic (exact) mass is 327 g/mol. The molecule has 2 atom stereocenters. The Morgan fingerprint density at radius 3 is 2.00 bits per heavy atom. The number of nitrogens with one attached hydrogen (secondary N) is 1. The maximum absolute atomic E-state index is 12.4. The van der Waals surface area contributed by atoms with Crippen molar-refractivity contribution in [1.82, 2.24) is 5.32 Å². The topological polar surface area (TPSA) is 92.7 Å². The van der Waals surface area contributed by atoms with Gasteiger partial charge in [0.25, 0.3) is 0 Å². The average molecular weight is 327 g/mol. The highest BCUT2D eigenvalue weighted by molar-refractivity contribution is 6.58. The van der Waals surface area contributed by atoms with E-state index < -0.39 is 24.2 Å². The molecule has 6 nitrogen and oxygen atoms in total. The highest BCUT2D eigenvalue weighted by Gasteiger charge is 2.36. The van der Waals surface area contributed by atoms with Gasteiger partial charge in [0.1, 0.15) is 6.61 Å². The van der Waals surface area contributed by atoms with Crippen LogP contribution in [0.2, 0.25) is 0 Å². The zero-order chi connectivity index (χ0) is 18.4. The van der Waals surface area contributed by atoms with Gasteiger partial charge in [-0.3, -0.25) is 14.4 Å². The summed E-state index contributed by atoms with van der Waals surface area (Å²) in [6.45, 7) is 11.3. The van der Waals surface area contributed by atoms with Gasteiger partial charge in [-0.1, -0.05) is 41.5 Å². The zero-order valence-corrected chi connectivity index (χ0v) is 15.4. The summed E-state index contributed by atoms with van der Waals surface area (Å²) in [7, 11) is 1.21. The summed E-state index contributed by atoms with van der Waals surface area (Å²) in [5.74, 6) is -2.81. The molecule has 2 amide bonds. The first-order valence-electron chi connectivity index (χ1n) is 7.87. The Bertz CT molecular complexity index is 437. The molecular formula is C16H30BNO5. The second kappa shape index (κ2) is 8.48. The lowest BCUT2D eigenvalue weighted by Gasteiger charge is -2.34. The Labute approximate surface area is 139 Å². The van der Waals surface area contributed by atoms with Crippen molar-refractivity contribution in [3.05, 3.63) is 0 Å². The van der Waals surface area contributed by atoms with Crippen molar-refractivity contribution in [3.63, 3.8) is 0 Å². The fourth-order valence-electron chi connectivity index (χ4n) is 2.13. The molecular weight excluding hydrogens is 297 g/mol. The number of aliphatic hydroxyl groups is 1. The Balaban J connectivity index is 4.86. The molecule has 0 aromatic rings. The summed E-state index contributed by atoms with van der Waals surface area (Å²) in [6, 6.07) is 0. The van der Waals surface area contributed by atoms with Crippen LogP contribution in [0.15, 0.2) is 0 Å². The highest BCUT2D eigenvalue weighted by Crippen LogP contribution is 2.36. The average Bonchev–Trinajstić information content (AvgIpc) is 2.33. The van der Waals surface area contributed by atoms with Crippen LogP contribution in [0.5, 0.6) is 0 Å². The van der Waals surface area contributed by atoms with Crippen molar-refractivity contribution in [3.8, 4) is 0 Å². The van der Waals surface area contributed by atoms with Gasteiger partial charge in [0, 0.05) is 0 Å². The van der Waals surface area contributed by atoms with Crippen LogP contribution in [0.3, 0.4) is 0 Å². The molecule has 0 aliphatic heterocycles. The number of amides is 2. The minimum atomic E-state index is -0.946. The van der Waals surface area contributed by atoms with Crippen LogP contribution < -0.4 is 5.32 Å². The van der Waals surface area contributed by atoms with Crippen LogP contribution in [-0.2, 0) is 14.3 Å². The summed E-state index contributed by atoms with van der Waals surface area (Å²) in [6.07, 6.45) is 0.652. The van der Waals surface area contributed by atoms with Crippen LogP contribution in [0.25, 0.3) is 0 Å². The van der Waals surface area contributed by atoms with E-state index in [1.54, 1.807) is 0 Å². The Kier molecular flexibility index (Phi) is 7.97. The fourth-order valence-corrected chi connectivity index (χ4v) is 2.13. The Morgan fingerprint density at radius 1 is 1.13 bits per heavy atom. The largest absolute Gasteiger partial charge is 0.465 e. The summed E-state index contributed by atoms with van der Waals surface area (Å²) < 4.78 is 5.26. The van der Waals surface area contributed by atoms with Crippen LogP contribution in [-0.4, -0.2) is 43.8 Å². The van der Waals surface area contributed by atoms with Crippen LogP contribution in [0, 0.1) is 22.7 Å². The molecule has 0 fully saturated rings. The third kappa shape index (κ3) is 8.74. The Morgan fingerprint density at radius 2 is 1.65 bits per heavy atom. The molecule has 0 aromatic carbocycles. The van der Waals surface area contributed by atoms with Crippen molar-refractivity contribution >= 4 is 25.5 Å². The van der Waals surface area contributed by atoms with E-state index in [9.17, 15) is 19.5 Å². The maximum atomic E-state index is 12.4. The van der Waals surface area contributed by atoms with E-state index in [4.69, 9.17) is 4.74 Å². The lowest BCUT2D eigenvalue weighted by molar-refractivity contribution is -0.156. The number of carbonyl (C=O) groups is 3. The lowest BCUT2D eigenvalue weighted by atomic mass is 9.72. The van der Waals surface area contributed by atoms with Gasteiger partial charge < -0.3 is 15.2 Å². The number of hydrogen-bond acceptors (Lipinski definition) is 5. The third-order valence-electron chi connectivity index (χ3n) is 3.46. The van der Waals surface area contributed by atoms with E-state index in [-0.39, 0.29) is 29.3 Å². The van der Waals surface area contributed by atoms with Gasteiger partial charge in [0.15, 0.2) is 5.81 Å².